The van der Waals surface area contributed by atoms with Crippen molar-refractivity contribution in [1.82, 2.24) is 0 Å². The van der Waals surface area contributed by atoms with Crippen molar-refractivity contribution >= 4 is 45.1 Å². The molecule has 0 saturated carbocycles. The minimum atomic E-state index is -0.768. The van der Waals surface area contributed by atoms with Crippen LogP contribution in [0.15, 0.2) is 66.7 Å². The third-order valence-electron chi connectivity index (χ3n) is 4.19. The van der Waals surface area contributed by atoms with Crippen LogP contribution in [0.5, 0.6) is 0 Å². The number of hydrogen-bond donors (Lipinski definition) is 1. The van der Waals surface area contributed by atoms with Gasteiger partial charge in [-0.3, -0.25) is 9.59 Å². The predicted octanol–water partition coefficient (Wildman–Crippen LogP) is 4.35. The molecule has 0 aliphatic carbocycles. The van der Waals surface area contributed by atoms with Gasteiger partial charge in [-0.05, 0) is 35.3 Å². The zero-order chi connectivity index (χ0) is 18.1. The third-order valence-corrected chi connectivity index (χ3v) is 5.13. The van der Waals surface area contributed by atoms with Crippen LogP contribution < -0.4 is 10.2 Å². The average Bonchev–Trinajstić information content (AvgIpc) is 2.95. The highest BCUT2D eigenvalue weighted by atomic mass is 32.2. The molecule has 1 heterocycles. The van der Waals surface area contributed by atoms with E-state index in [1.807, 2.05) is 36.4 Å². The van der Waals surface area contributed by atoms with Crippen molar-refractivity contribution < 1.29 is 9.59 Å². The summed E-state index contributed by atoms with van der Waals surface area (Å²) >= 11 is 0.916. The highest BCUT2D eigenvalue weighted by Gasteiger charge is 2.41. The molecule has 26 heavy (non-hydrogen) atoms. The van der Waals surface area contributed by atoms with Crippen LogP contribution in [0.4, 0.5) is 16.2 Å². The Morgan fingerprint density at radius 2 is 1.69 bits per heavy atom. The number of carbonyl (C=O) groups is 2. The number of amides is 2. The quantitative estimate of drug-likeness (QED) is 0.753. The van der Waals surface area contributed by atoms with Gasteiger partial charge in [0.15, 0.2) is 5.37 Å². The average molecular weight is 359 g/mol. The first-order valence-electron chi connectivity index (χ1n) is 7.97. The normalized spacial score (nSPS) is 16.7. The molecule has 126 valence electrons. The topological polar surface area (TPSA) is 73.2 Å². The van der Waals surface area contributed by atoms with E-state index in [-0.39, 0.29) is 11.1 Å². The van der Waals surface area contributed by atoms with Gasteiger partial charge in [-0.1, -0.05) is 48.5 Å². The van der Waals surface area contributed by atoms with Crippen LogP contribution in [0.1, 0.15) is 5.56 Å². The predicted molar refractivity (Wildman–Crippen MR) is 103 cm³/mol. The summed E-state index contributed by atoms with van der Waals surface area (Å²) in [6.07, 6.45) is 0. The van der Waals surface area contributed by atoms with E-state index in [2.05, 4.69) is 11.4 Å². The summed E-state index contributed by atoms with van der Waals surface area (Å²) in [6, 6.07) is 22.2. The molecule has 1 unspecified atom stereocenters. The summed E-state index contributed by atoms with van der Waals surface area (Å²) in [5.41, 5.74) is 1.54. The Labute approximate surface area is 154 Å². The number of nitriles is 1. The van der Waals surface area contributed by atoms with Crippen molar-refractivity contribution in [2.24, 2.45) is 0 Å². The first-order valence-corrected chi connectivity index (χ1v) is 8.85. The number of nitrogens with one attached hydrogen (secondary N) is 1. The molecule has 0 bridgehead atoms. The van der Waals surface area contributed by atoms with Crippen LogP contribution in [0.3, 0.4) is 0 Å². The maximum atomic E-state index is 12.9. The molecule has 1 atom stereocenters. The molecule has 4 rings (SSSR count). The van der Waals surface area contributed by atoms with Gasteiger partial charge in [0.05, 0.1) is 16.9 Å². The first kappa shape index (κ1) is 16.2. The van der Waals surface area contributed by atoms with Crippen LogP contribution >= 0.6 is 11.8 Å². The van der Waals surface area contributed by atoms with E-state index in [1.165, 1.54) is 4.90 Å². The smallest absolute Gasteiger partial charge is 0.295 e. The molecule has 5 nitrogen and oxygen atoms in total. The number of rotatable bonds is 3. The molecule has 0 spiro atoms. The van der Waals surface area contributed by atoms with Crippen molar-refractivity contribution in [3.63, 3.8) is 0 Å². The summed E-state index contributed by atoms with van der Waals surface area (Å²) in [6.45, 7) is 0. The molecule has 1 N–H and O–H groups in total. The fourth-order valence-electron chi connectivity index (χ4n) is 2.97. The minimum Gasteiger partial charge on any atom is -0.364 e. The summed E-state index contributed by atoms with van der Waals surface area (Å²) in [7, 11) is 0. The summed E-state index contributed by atoms with van der Waals surface area (Å²) < 4.78 is 0. The molecule has 1 aliphatic heterocycles. The van der Waals surface area contributed by atoms with Crippen molar-refractivity contribution in [2.75, 3.05) is 10.2 Å². The minimum absolute atomic E-state index is 0.335. The summed E-state index contributed by atoms with van der Waals surface area (Å²) in [5, 5.41) is 12.9. The monoisotopic (exact) mass is 359 g/mol. The van der Waals surface area contributed by atoms with Gasteiger partial charge >= 0.3 is 0 Å². The zero-order valence-corrected chi connectivity index (χ0v) is 14.4. The van der Waals surface area contributed by atoms with Crippen molar-refractivity contribution in [3.05, 3.63) is 72.3 Å². The number of anilines is 2. The van der Waals surface area contributed by atoms with E-state index in [1.54, 1.807) is 30.3 Å². The molecule has 3 aromatic carbocycles. The van der Waals surface area contributed by atoms with Crippen LogP contribution in [-0.2, 0) is 4.79 Å². The van der Waals surface area contributed by atoms with E-state index in [9.17, 15) is 14.9 Å². The van der Waals surface area contributed by atoms with Gasteiger partial charge < -0.3 is 5.32 Å². The van der Waals surface area contributed by atoms with Gasteiger partial charge in [-0.25, -0.2) is 4.90 Å². The number of benzene rings is 3. The molecular formula is C20H13N3O2S. The number of fused-ring (bicyclic) bond motifs is 1. The van der Waals surface area contributed by atoms with Crippen LogP contribution in [-0.4, -0.2) is 16.5 Å². The highest BCUT2D eigenvalue weighted by molar-refractivity contribution is 8.16. The molecule has 0 aromatic heterocycles. The first-order chi connectivity index (χ1) is 12.7. The lowest BCUT2D eigenvalue weighted by molar-refractivity contribution is -0.116. The number of hydrogen-bond acceptors (Lipinski definition) is 5. The number of para-hydroxylation sites is 1. The Bertz CT molecular complexity index is 1070. The van der Waals surface area contributed by atoms with Gasteiger partial charge in [0.2, 0.25) is 0 Å². The van der Waals surface area contributed by atoms with Crippen molar-refractivity contribution in [2.45, 2.75) is 5.37 Å². The zero-order valence-electron chi connectivity index (χ0n) is 13.5. The second-order valence-electron chi connectivity index (χ2n) is 5.74. The standard InChI is InChI=1S/C20H13N3O2S/c21-12-14-7-2-4-10-16(14)22-18-19(24)23(20(25)26-18)17-11-5-8-13-6-1-3-9-15(13)17/h1-11,18,22H. The highest BCUT2D eigenvalue weighted by Crippen LogP contribution is 2.36. The Kier molecular flexibility index (Phi) is 4.07. The number of nitrogens with zero attached hydrogens (tertiary/aromatic N) is 2. The van der Waals surface area contributed by atoms with E-state index < -0.39 is 5.37 Å². The second kappa shape index (κ2) is 6.54. The Morgan fingerprint density at radius 3 is 2.54 bits per heavy atom. The van der Waals surface area contributed by atoms with E-state index in [0.717, 1.165) is 22.5 Å². The molecule has 3 aromatic rings. The summed E-state index contributed by atoms with van der Waals surface area (Å²) in [5.74, 6) is -0.343. The van der Waals surface area contributed by atoms with E-state index in [0.29, 0.717) is 16.9 Å². The van der Waals surface area contributed by atoms with Gasteiger partial charge in [0.25, 0.3) is 11.1 Å². The lowest BCUT2D eigenvalue weighted by Crippen LogP contribution is -2.34. The molecule has 1 fully saturated rings. The second-order valence-corrected chi connectivity index (χ2v) is 6.79. The van der Waals surface area contributed by atoms with Crippen LogP contribution in [0.25, 0.3) is 10.8 Å². The van der Waals surface area contributed by atoms with E-state index in [4.69, 9.17) is 0 Å². The van der Waals surface area contributed by atoms with Gasteiger partial charge in [-0.15, -0.1) is 0 Å². The molecule has 1 aliphatic rings. The number of thioether (sulfide) groups is 1. The van der Waals surface area contributed by atoms with Crippen LogP contribution in [0.2, 0.25) is 0 Å². The van der Waals surface area contributed by atoms with E-state index >= 15 is 0 Å². The number of carbonyl (C=O) groups excluding carboxylic acids is 2. The molecule has 0 radical (unpaired) electrons. The molecule has 1 saturated heterocycles. The molecule has 6 heteroatoms. The molecular weight excluding hydrogens is 346 g/mol. The van der Waals surface area contributed by atoms with Crippen LogP contribution in [0, 0.1) is 11.3 Å². The fourth-order valence-corrected chi connectivity index (χ4v) is 3.86. The Balaban J connectivity index is 1.69. The lowest BCUT2D eigenvalue weighted by atomic mass is 10.1. The SMILES string of the molecule is N#Cc1ccccc1NC1SC(=O)N(c2cccc3ccccc23)C1=O. The van der Waals surface area contributed by atoms with Crippen molar-refractivity contribution in [1.29, 1.82) is 5.26 Å². The van der Waals surface area contributed by atoms with Gasteiger partial charge in [-0.2, -0.15) is 5.26 Å². The van der Waals surface area contributed by atoms with Gasteiger partial charge in [0, 0.05) is 5.39 Å². The Hall–Kier alpha value is -3.30. The molecule has 2 amide bonds. The maximum absolute atomic E-state index is 12.9. The van der Waals surface area contributed by atoms with Crippen molar-refractivity contribution in [3.8, 4) is 6.07 Å². The fraction of sp³-hybridized carbons (Fsp3) is 0.0500. The third kappa shape index (κ3) is 2.68. The maximum Gasteiger partial charge on any atom is 0.295 e. The van der Waals surface area contributed by atoms with Gasteiger partial charge in [0.1, 0.15) is 6.07 Å². The summed E-state index contributed by atoms with van der Waals surface area (Å²) in [4.78, 5) is 26.7. The largest absolute Gasteiger partial charge is 0.364 e. The lowest BCUT2D eigenvalue weighted by Gasteiger charge is -2.17. The number of imide groups is 1. The Morgan fingerprint density at radius 1 is 0.962 bits per heavy atom.